The Morgan fingerprint density at radius 1 is 1.50 bits per heavy atom. The molecule has 0 saturated heterocycles. The molecule has 0 unspecified atom stereocenters. The first-order chi connectivity index (χ1) is 7.53. The van der Waals surface area contributed by atoms with Crippen LogP contribution in [0.1, 0.15) is 32.4 Å². The Morgan fingerprint density at radius 3 is 2.81 bits per heavy atom. The van der Waals surface area contributed by atoms with E-state index in [1.165, 1.54) is 0 Å². The predicted octanol–water partition coefficient (Wildman–Crippen LogP) is 0.703. The first kappa shape index (κ1) is 13.1. The largest absolute Gasteiger partial charge is 0.396 e. The number of hydrogen-bond donors (Lipinski definition) is 2. The van der Waals surface area contributed by atoms with Crippen LogP contribution in [-0.4, -0.2) is 33.3 Å². The van der Waals surface area contributed by atoms with Crippen molar-refractivity contribution in [2.45, 2.75) is 33.2 Å². The third-order valence-electron chi connectivity index (χ3n) is 2.57. The van der Waals surface area contributed by atoms with Gasteiger partial charge in [0.2, 0.25) is 0 Å². The number of nitrogens with zero attached hydrogens (tertiary/aromatic N) is 3. The Labute approximate surface area is 96.9 Å². The lowest BCUT2D eigenvalue weighted by Crippen LogP contribution is -2.29. The average Bonchev–Trinajstić information content (AvgIpc) is 2.61. The molecule has 0 bridgehead atoms. The van der Waals surface area contributed by atoms with Crippen molar-refractivity contribution in [3.05, 3.63) is 11.9 Å². The summed E-state index contributed by atoms with van der Waals surface area (Å²) in [5.74, 6) is 0. The van der Waals surface area contributed by atoms with Crippen LogP contribution in [0.4, 0.5) is 0 Å². The van der Waals surface area contributed by atoms with Gasteiger partial charge < -0.3 is 10.4 Å². The molecule has 0 atom stereocenters. The van der Waals surface area contributed by atoms with Gasteiger partial charge in [0.25, 0.3) is 0 Å². The van der Waals surface area contributed by atoms with Gasteiger partial charge in [-0.15, -0.1) is 5.10 Å². The van der Waals surface area contributed by atoms with Crippen molar-refractivity contribution in [3.8, 4) is 0 Å². The maximum atomic E-state index is 8.79. The highest BCUT2D eigenvalue weighted by Gasteiger charge is 2.16. The van der Waals surface area contributed by atoms with Crippen LogP contribution in [-0.2, 0) is 13.6 Å². The van der Waals surface area contributed by atoms with Crippen LogP contribution in [0.3, 0.4) is 0 Å². The number of rotatable bonds is 7. The zero-order valence-electron chi connectivity index (χ0n) is 10.4. The average molecular weight is 226 g/mol. The number of aromatic nitrogens is 3. The van der Waals surface area contributed by atoms with Crippen molar-refractivity contribution < 1.29 is 5.11 Å². The predicted molar refractivity (Wildman–Crippen MR) is 62.8 cm³/mol. The van der Waals surface area contributed by atoms with Crippen molar-refractivity contribution >= 4 is 0 Å². The molecule has 92 valence electrons. The zero-order chi connectivity index (χ0) is 12.0. The summed E-state index contributed by atoms with van der Waals surface area (Å²) in [7, 11) is 1.86. The van der Waals surface area contributed by atoms with Gasteiger partial charge in [0, 0.05) is 32.9 Å². The molecule has 5 nitrogen and oxygen atoms in total. The first-order valence-corrected chi connectivity index (χ1v) is 5.70. The Morgan fingerprint density at radius 2 is 2.25 bits per heavy atom. The van der Waals surface area contributed by atoms with E-state index in [1.54, 1.807) is 4.68 Å². The van der Waals surface area contributed by atoms with Crippen LogP contribution in [0.25, 0.3) is 0 Å². The molecule has 5 heteroatoms. The van der Waals surface area contributed by atoms with Crippen molar-refractivity contribution in [2.24, 2.45) is 12.5 Å². The number of aliphatic hydroxyl groups excluding tert-OH is 1. The highest BCUT2D eigenvalue weighted by Crippen LogP contribution is 2.20. The molecule has 16 heavy (non-hydrogen) atoms. The summed E-state index contributed by atoms with van der Waals surface area (Å²) in [5, 5.41) is 20.0. The molecule has 1 aromatic rings. The van der Waals surface area contributed by atoms with Crippen LogP contribution in [0, 0.1) is 5.41 Å². The van der Waals surface area contributed by atoms with E-state index in [2.05, 4.69) is 29.5 Å². The maximum absolute atomic E-state index is 8.79. The Balaban J connectivity index is 2.24. The molecular weight excluding hydrogens is 204 g/mol. The molecule has 0 aliphatic rings. The topological polar surface area (TPSA) is 63.0 Å². The maximum Gasteiger partial charge on any atom is 0.0964 e. The van der Waals surface area contributed by atoms with Crippen LogP contribution >= 0.6 is 0 Å². The van der Waals surface area contributed by atoms with E-state index in [-0.39, 0.29) is 12.0 Å². The Kier molecular flexibility index (Phi) is 4.89. The van der Waals surface area contributed by atoms with Gasteiger partial charge >= 0.3 is 0 Å². The van der Waals surface area contributed by atoms with E-state index >= 15 is 0 Å². The SMILES string of the molecule is Cn1cc(CNCC(C)(C)CCCO)nn1. The fraction of sp³-hybridized carbons (Fsp3) is 0.818. The summed E-state index contributed by atoms with van der Waals surface area (Å²) >= 11 is 0. The summed E-state index contributed by atoms with van der Waals surface area (Å²) in [6, 6.07) is 0. The van der Waals surface area contributed by atoms with E-state index in [1.807, 2.05) is 13.2 Å². The molecule has 0 saturated carbocycles. The van der Waals surface area contributed by atoms with Gasteiger partial charge in [-0.3, -0.25) is 4.68 Å². The summed E-state index contributed by atoms with van der Waals surface area (Å²) < 4.78 is 1.70. The summed E-state index contributed by atoms with van der Waals surface area (Å²) in [6.45, 7) is 6.34. The van der Waals surface area contributed by atoms with Crippen LogP contribution in [0.15, 0.2) is 6.20 Å². The monoisotopic (exact) mass is 226 g/mol. The number of nitrogens with one attached hydrogen (secondary N) is 1. The minimum Gasteiger partial charge on any atom is -0.396 e. The zero-order valence-corrected chi connectivity index (χ0v) is 10.4. The number of aliphatic hydroxyl groups is 1. The lowest BCUT2D eigenvalue weighted by atomic mass is 9.88. The molecule has 0 aromatic carbocycles. The quantitative estimate of drug-likeness (QED) is 0.718. The fourth-order valence-corrected chi connectivity index (χ4v) is 1.65. The smallest absolute Gasteiger partial charge is 0.0964 e. The standard InChI is InChI=1S/C11H22N4O/c1-11(2,5-4-6-16)9-12-7-10-8-15(3)14-13-10/h8,12,16H,4-7,9H2,1-3H3. The van der Waals surface area contributed by atoms with Gasteiger partial charge in [0.1, 0.15) is 0 Å². The summed E-state index contributed by atoms with van der Waals surface area (Å²) in [5.41, 5.74) is 1.17. The van der Waals surface area contributed by atoms with Crippen LogP contribution in [0.5, 0.6) is 0 Å². The van der Waals surface area contributed by atoms with E-state index in [9.17, 15) is 0 Å². The van der Waals surface area contributed by atoms with Crippen molar-refractivity contribution in [1.29, 1.82) is 0 Å². The highest BCUT2D eigenvalue weighted by atomic mass is 16.2. The Hall–Kier alpha value is -0.940. The van der Waals surface area contributed by atoms with E-state index in [0.29, 0.717) is 0 Å². The van der Waals surface area contributed by atoms with Crippen molar-refractivity contribution in [3.63, 3.8) is 0 Å². The Bertz CT molecular complexity index is 309. The van der Waals surface area contributed by atoms with Crippen LogP contribution in [0.2, 0.25) is 0 Å². The molecule has 0 radical (unpaired) electrons. The van der Waals surface area contributed by atoms with Gasteiger partial charge in [-0.05, 0) is 18.3 Å². The lowest BCUT2D eigenvalue weighted by molar-refractivity contribution is 0.236. The molecule has 0 spiro atoms. The van der Waals surface area contributed by atoms with E-state index in [0.717, 1.165) is 31.6 Å². The minimum absolute atomic E-state index is 0.213. The summed E-state index contributed by atoms with van der Waals surface area (Å²) in [4.78, 5) is 0. The van der Waals surface area contributed by atoms with Gasteiger partial charge in [0.15, 0.2) is 0 Å². The molecule has 0 aliphatic carbocycles. The molecule has 0 aliphatic heterocycles. The molecule has 2 N–H and O–H groups in total. The van der Waals surface area contributed by atoms with Gasteiger partial charge in [-0.1, -0.05) is 19.1 Å². The lowest BCUT2D eigenvalue weighted by Gasteiger charge is -2.24. The fourth-order valence-electron chi connectivity index (χ4n) is 1.65. The van der Waals surface area contributed by atoms with E-state index in [4.69, 9.17) is 5.11 Å². The minimum atomic E-state index is 0.213. The van der Waals surface area contributed by atoms with Crippen molar-refractivity contribution in [1.82, 2.24) is 20.3 Å². The molecule has 1 rings (SSSR count). The summed E-state index contributed by atoms with van der Waals surface area (Å²) in [6.07, 6.45) is 3.80. The van der Waals surface area contributed by atoms with Gasteiger partial charge in [-0.25, -0.2) is 0 Å². The normalized spacial score (nSPS) is 12.0. The number of hydrogen-bond acceptors (Lipinski definition) is 4. The van der Waals surface area contributed by atoms with Gasteiger partial charge in [0.05, 0.1) is 5.69 Å². The number of aryl methyl sites for hydroxylation is 1. The van der Waals surface area contributed by atoms with Crippen LogP contribution < -0.4 is 5.32 Å². The molecular formula is C11H22N4O. The molecule has 0 fully saturated rings. The molecule has 1 heterocycles. The van der Waals surface area contributed by atoms with E-state index < -0.39 is 0 Å². The first-order valence-electron chi connectivity index (χ1n) is 5.70. The molecule has 1 aromatic heterocycles. The third-order valence-corrected chi connectivity index (χ3v) is 2.57. The third kappa shape index (κ3) is 4.72. The second-order valence-electron chi connectivity index (χ2n) is 4.98. The highest BCUT2D eigenvalue weighted by molar-refractivity contribution is 4.91. The second kappa shape index (κ2) is 5.96. The molecule has 0 amide bonds. The van der Waals surface area contributed by atoms with Gasteiger partial charge in [-0.2, -0.15) is 0 Å². The van der Waals surface area contributed by atoms with Crippen molar-refractivity contribution in [2.75, 3.05) is 13.2 Å². The second-order valence-corrected chi connectivity index (χ2v) is 4.98.